The number of carbonyl (C=O) groups excluding carboxylic acids is 2. The molecule has 0 aromatic heterocycles. The lowest BCUT2D eigenvalue weighted by Crippen LogP contribution is -2.52. The van der Waals surface area contributed by atoms with Gasteiger partial charge < -0.3 is 15.0 Å². The Morgan fingerprint density at radius 2 is 1.74 bits per heavy atom. The molecule has 0 aliphatic heterocycles. The van der Waals surface area contributed by atoms with E-state index >= 15 is 0 Å². The number of ether oxygens (including phenoxy) is 1. The highest BCUT2D eigenvalue weighted by atomic mass is 35.5. The van der Waals surface area contributed by atoms with Gasteiger partial charge in [-0.25, -0.2) is 8.42 Å². The fourth-order valence-electron chi connectivity index (χ4n) is 3.36. The summed E-state index contributed by atoms with van der Waals surface area (Å²) < 4.78 is 31.4. The van der Waals surface area contributed by atoms with Gasteiger partial charge in [-0.05, 0) is 51.0 Å². The molecular weight excluding hydrogens is 490 g/mol. The second kappa shape index (κ2) is 12.3. The first kappa shape index (κ1) is 28.5. The van der Waals surface area contributed by atoms with Gasteiger partial charge in [0.1, 0.15) is 18.3 Å². The predicted octanol–water partition coefficient (Wildman–Crippen LogP) is 3.76. The molecule has 2 aromatic carbocycles. The number of methoxy groups -OCH3 is 1. The van der Waals surface area contributed by atoms with E-state index < -0.39 is 28.5 Å². The van der Waals surface area contributed by atoms with Gasteiger partial charge in [-0.3, -0.25) is 13.9 Å². The van der Waals surface area contributed by atoms with Crippen LogP contribution in [0.3, 0.4) is 0 Å². The summed E-state index contributed by atoms with van der Waals surface area (Å²) in [6.07, 6.45) is 1.76. The normalized spacial score (nSPS) is 13.0. The predicted molar refractivity (Wildman–Crippen MR) is 139 cm³/mol. The fraction of sp³-hybridized carbons (Fsp3) is 0.440. The number of hydrogen-bond donors (Lipinski definition) is 1. The van der Waals surface area contributed by atoms with E-state index in [1.54, 1.807) is 6.92 Å². The second-order valence-electron chi connectivity index (χ2n) is 8.59. The van der Waals surface area contributed by atoms with Crippen molar-refractivity contribution >= 4 is 39.1 Å². The van der Waals surface area contributed by atoms with Gasteiger partial charge in [0.15, 0.2) is 0 Å². The molecule has 1 N–H and O–H groups in total. The van der Waals surface area contributed by atoms with Crippen LogP contribution in [0, 0.1) is 6.92 Å². The first-order valence-corrected chi connectivity index (χ1v) is 13.6. The zero-order valence-electron chi connectivity index (χ0n) is 21.0. The van der Waals surface area contributed by atoms with E-state index in [0.29, 0.717) is 5.75 Å². The first-order chi connectivity index (χ1) is 16.4. The van der Waals surface area contributed by atoms with Gasteiger partial charge in [-0.1, -0.05) is 48.4 Å². The second-order valence-corrected chi connectivity index (χ2v) is 10.9. The largest absolute Gasteiger partial charge is 0.495 e. The molecule has 2 atom stereocenters. The van der Waals surface area contributed by atoms with Crippen molar-refractivity contribution in [3.63, 3.8) is 0 Å². The minimum absolute atomic E-state index is 0.0600. The number of anilines is 1. The molecular formula is C25H34ClN3O5S. The molecule has 0 radical (unpaired) electrons. The van der Waals surface area contributed by atoms with E-state index in [9.17, 15) is 18.0 Å². The summed E-state index contributed by atoms with van der Waals surface area (Å²) in [6, 6.07) is 11.2. The highest BCUT2D eigenvalue weighted by Gasteiger charge is 2.30. The number of hydrogen-bond acceptors (Lipinski definition) is 5. The van der Waals surface area contributed by atoms with Crippen LogP contribution in [0.4, 0.5) is 5.69 Å². The minimum atomic E-state index is -3.84. The third-order valence-electron chi connectivity index (χ3n) is 5.74. The average Bonchev–Trinajstić information content (AvgIpc) is 2.80. The van der Waals surface area contributed by atoms with Crippen molar-refractivity contribution in [2.75, 3.05) is 24.2 Å². The summed E-state index contributed by atoms with van der Waals surface area (Å²) in [7, 11) is -2.39. The van der Waals surface area contributed by atoms with Crippen LogP contribution < -0.4 is 14.4 Å². The Morgan fingerprint density at radius 3 is 2.26 bits per heavy atom. The van der Waals surface area contributed by atoms with Crippen molar-refractivity contribution in [1.82, 2.24) is 10.2 Å². The third-order valence-corrected chi connectivity index (χ3v) is 7.18. The van der Waals surface area contributed by atoms with Crippen LogP contribution >= 0.6 is 11.6 Å². The average molecular weight is 524 g/mol. The van der Waals surface area contributed by atoms with Gasteiger partial charge in [-0.2, -0.15) is 0 Å². The zero-order chi connectivity index (χ0) is 26.3. The quantitative estimate of drug-likeness (QED) is 0.484. The Kier molecular flexibility index (Phi) is 9.97. The molecule has 0 aliphatic carbocycles. The number of nitrogens with zero attached hydrogens (tertiary/aromatic N) is 2. The van der Waals surface area contributed by atoms with Gasteiger partial charge in [0.05, 0.1) is 24.1 Å². The maximum absolute atomic E-state index is 13.5. The highest BCUT2D eigenvalue weighted by molar-refractivity contribution is 7.92. The molecule has 2 amide bonds. The van der Waals surface area contributed by atoms with E-state index in [-0.39, 0.29) is 29.2 Å². The van der Waals surface area contributed by atoms with Crippen LogP contribution in [0.15, 0.2) is 42.5 Å². The molecule has 2 aromatic rings. The summed E-state index contributed by atoms with van der Waals surface area (Å²) >= 11 is 6.20. The summed E-state index contributed by atoms with van der Waals surface area (Å²) in [5, 5.41) is 3.11. The van der Waals surface area contributed by atoms with Gasteiger partial charge in [0.25, 0.3) is 0 Å². The number of rotatable bonds is 11. The molecule has 192 valence electrons. The number of amides is 2. The van der Waals surface area contributed by atoms with E-state index in [2.05, 4.69) is 5.32 Å². The molecule has 0 saturated carbocycles. The van der Waals surface area contributed by atoms with Gasteiger partial charge in [0.2, 0.25) is 21.8 Å². The molecule has 0 saturated heterocycles. The third kappa shape index (κ3) is 7.86. The Labute approximate surface area is 213 Å². The molecule has 10 heteroatoms. The summed E-state index contributed by atoms with van der Waals surface area (Å²) in [6.45, 7) is 7.09. The Hall–Kier alpha value is -2.78. The number of aryl methyl sites for hydroxylation is 1. The van der Waals surface area contributed by atoms with Crippen LogP contribution in [-0.2, 0) is 26.2 Å². The van der Waals surface area contributed by atoms with E-state index in [0.717, 1.165) is 28.1 Å². The molecule has 2 rings (SSSR count). The molecule has 0 fully saturated rings. The molecule has 0 aliphatic rings. The number of carbonyl (C=O) groups is 2. The SMILES string of the molecule is CCC(C)NC(=O)C(C)N(Cc1ccc(C)cc1)C(=O)CN(c1ccc(OC)c(Cl)c1)S(C)(=O)=O. The van der Waals surface area contributed by atoms with Crippen molar-refractivity contribution in [2.45, 2.75) is 52.7 Å². The van der Waals surface area contributed by atoms with Gasteiger partial charge in [-0.15, -0.1) is 0 Å². The van der Waals surface area contributed by atoms with Crippen molar-refractivity contribution in [3.8, 4) is 5.75 Å². The Balaban J connectivity index is 2.40. The smallest absolute Gasteiger partial charge is 0.244 e. The van der Waals surface area contributed by atoms with Crippen molar-refractivity contribution < 1.29 is 22.7 Å². The van der Waals surface area contributed by atoms with Crippen molar-refractivity contribution in [1.29, 1.82) is 0 Å². The Bertz CT molecular complexity index is 1140. The summed E-state index contributed by atoms with van der Waals surface area (Å²) in [5.41, 5.74) is 2.11. The number of halogens is 1. The van der Waals surface area contributed by atoms with Gasteiger partial charge >= 0.3 is 0 Å². The van der Waals surface area contributed by atoms with E-state index in [1.165, 1.54) is 30.2 Å². The first-order valence-electron chi connectivity index (χ1n) is 11.3. The van der Waals surface area contributed by atoms with Crippen LogP contribution in [0.25, 0.3) is 0 Å². The van der Waals surface area contributed by atoms with Crippen LogP contribution in [0.5, 0.6) is 5.75 Å². The fourth-order valence-corrected chi connectivity index (χ4v) is 4.46. The minimum Gasteiger partial charge on any atom is -0.495 e. The van der Waals surface area contributed by atoms with Crippen molar-refractivity contribution in [3.05, 3.63) is 58.6 Å². The lowest BCUT2D eigenvalue weighted by molar-refractivity contribution is -0.139. The lowest BCUT2D eigenvalue weighted by Gasteiger charge is -2.32. The van der Waals surface area contributed by atoms with Crippen LogP contribution in [0.2, 0.25) is 5.02 Å². The monoisotopic (exact) mass is 523 g/mol. The topological polar surface area (TPSA) is 96.0 Å². The van der Waals surface area contributed by atoms with Crippen LogP contribution in [-0.4, -0.2) is 57.1 Å². The standard InChI is InChI=1S/C25H34ClN3O5S/c1-7-18(3)27-25(31)19(4)28(15-20-10-8-17(2)9-11-20)24(30)16-29(35(6,32)33)21-12-13-23(34-5)22(26)14-21/h8-14,18-19H,7,15-16H2,1-6H3,(H,27,31). The van der Waals surface area contributed by atoms with Crippen LogP contribution in [0.1, 0.15) is 38.3 Å². The van der Waals surface area contributed by atoms with E-state index in [4.69, 9.17) is 16.3 Å². The molecule has 2 unspecified atom stereocenters. The lowest BCUT2D eigenvalue weighted by atomic mass is 10.1. The van der Waals surface area contributed by atoms with Gasteiger partial charge in [0, 0.05) is 12.6 Å². The molecule has 0 heterocycles. The number of nitrogens with one attached hydrogen (secondary N) is 1. The summed E-state index contributed by atoms with van der Waals surface area (Å²) in [4.78, 5) is 27.8. The number of benzene rings is 2. The number of sulfonamides is 1. The van der Waals surface area contributed by atoms with E-state index in [1.807, 2.05) is 45.0 Å². The molecule has 35 heavy (non-hydrogen) atoms. The molecule has 0 spiro atoms. The summed E-state index contributed by atoms with van der Waals surface area (Å²) in [5.74, 6) is -0.445. The molecule has 8 nitrogen and oxygen atoms in total. The maximum atomic E-state index is 13.5. The van der Waals surface area contributed by atoms with Crippen molar-refractivity contribution in [2.24, 2.45) is 0 Å². The zero-order valence-corrected chi connectivity index (χ0v) is 22.6. The highest BCUT2D eigenvalue weighted by Crippen LogP contribution is 2.30. The Morgan fingerprint density at radius 1 is 1.11 bits per heavy atom. The molecule has 0 bridgehead atoms. The maximum Gasteiger partial charge on any atom is 0.244 e.